The molecule has 21 heavy (non-hydrogen) atoms. The second-order valence-corrected chi connectivity index (χ2v) is 6.61. The van der Waals surface area contributed by atoms with Gasteiger partial charge in [-0.05, 0) is 36.8 Å². The van der Waals surface area contributed by atoms with E-state index >= 15 is 0 Å². The molecule has 0 saturated heterocycles. The standard InChI is InChI=1S/C17H25ClN2O/c1-12(2)13-7-3-5-9-15(13)19-11-17(21)20-16-10-6-4-8-14(16)18/h4,6,8,10,12-13,15,19H,3,5,7,9,11H2,1-2H3,(H,20,21). The van der Waals surface area contributed by atoms with E-state index < -0.39 is 0 Å². The van der Waals surface area contributed by atoms with E-state index in [1.165, 1.54) is 25.7 Å². The molecular weight excluding hydrogens is 284 g/mol. The molecule has 1 aliphatic carbocycles. The Hall–Kier alpha value is -1.06. The molecule has 1 fully saturated rings. The third-order valence-corrected chi connectivity index (χ3v) is 4.68. The molecule has 0 bridgehead atoms. The second-order valence-electron chi connectivity index (χ2n) is 6.21. The van der Waals surface area contributed by atoms with Crippen molar-refractivity contribution >= 4 is 23.2 Å². The van der Waals surface area contributed by atoms with E-state index in [-0.39, 0.29) is 5.91 Å². The van der Waals surface area contributed by atoms with Crippen LogP contribution in [0.5, 0.6) is 0 Å². The number of carbonyl (C=O) groups excluding carboxylic acids is 1. The van der Waals surface area contributed by atoms with Gasteiger partial charge in [-0.15, -0.1) is 0 Å². The fraction of sp³-hybridized carbons (Fsp3) is 0.588. The summed E-state index contributed by atoms with van der Waals surface area (Å²) in [5, 5.41) is 6.87. The van der Waals surface area contributed by atoms with Gasteiger partial charge in [0.1, 0.15) is 0 Å². The number of nitrogens with one attached hydrogen (secondary N) is 2. The molecule has 0 spiro atoms. The first-order valence-electron chi connectivity index (χ1n) is 7.85. The lowest BCUT2D eigenvalue weighted by Crippen LogP contribution is -2.44. The molecule has 2 rings (SSSR count). The van der Waals surface area contributed by atoms with Crippen LogP contribution in [0.1, 0.15) is 39.5 Å². The van der Waals surface area contributed by atoms with Gasteiger partial charge in [-0.3, -0.25) is 4.79 Å². The molecule has 1 aromatic rings. The fourth-order valence-electron chi connectivity index (χ4n) is 3.19. The van der Waals surface area contributed by atoms with Crippen LogP contribution in [0.25, 0.3) is 0 Å². The predicted octanol–water partition coefficient (Wildman–Crippen LogP) is 4.08. The molecule has 0 aliphatic heterocycles. The van der Waals surface area contributed by atoms with E-state index in [1.807, 2.05) is 18.2 Å². The largest absolute Gasteiger partial charge is 0.324 e. The van der Waals surface area contributed by atoms with Crippen LogP contribution >= 0.6 is 11.6 Å². The second kappa shape index (κ2) is 7.81. The summed E-state index contributed by atoms with van der Waals surface area (Å²) in [4.78, 5) is 12.1. The zero-order valence-corrected chi connectivity index (χ0v) is 13.6. The molecule has 0 radical (unpaired) electrons. The van der Waals surface area contributed by atoms with Crippen LogP contribution in [-0.4, -0.2) is 18.5 Å². The Labute approximate surface area is 132 Å². The lowest BCUT2D eigenvalue weighted by Gasteiger charge is -2.35. The minimum Gasteiger partial charge on any atom is -0.324 e. The van der Waals surface area contributed by atoms with Crippen molar-refractivity contribution in [1.29, 1.82) is 0 Å². The molecule has 116 valence electrons. The number of hydrogen-bond donors (Lipinski definition) is 2. The van der Waals surface area contributed by atoms with Crippen molar-refractivity contribution in [2.45, 2.75) is 45.6 Å². The van der Waals surface area contributed by atoms with Crippen molar-refractivity contribution < 1.29 is 4.79 Å². The summed E-state index contributed by atoms with van der Waals surface area (Å²) in [6, 6.07) is 7.77. The predicted molar refractivity (Wildman–Crippen MR) is 88.7 cm³/mol. The normalized spacial score (nSPS) is 22.3. The van der Waals surface area contributed by atoms with Gasteiger partial charge in [0.05, 0.1) is 17.3 Å². The third kappa shape index (κ3) is 4.72. The number of amides is 1. The smallest absolute Gasteiger partial charge is 0.238 e. The van der Waals surface area contributed by atoms with Gasteiger partial charge < -0.3 is 10.6 Å². The van der Waals surface area contributed by atoms with Crippen LogP contribution in [0.15, 0.2) is 24.3 Å². The quantitative estimate of drug-likeness (QED) is 0.860. The molecule has 0 aromatic heterocycles. The Bertz CT molecular complexity index is 476. The van der Waals surface area contributed by atoms with Gasteiger partial charge in [-0.1, -0.05) is 50.4 Å². The first-order valence-corrected chi connectivity index (χ1v) is 8.23. The van der Waals surface area contributed by atoms with Crippen molar-refractivity contribution in [1.82, 2.24) is 5.32 Å². The van der Waals surface area contributed by atoms with Crippen LogP contribution in [0, 0.1) is 11.8 Å². The maximum atomic E-state index is 12.1. The molecule has 1 aliphatic rings. The van der Waals surface area contributed by atoms with Gasteiger partial charge in [0, 0.05) is 6.04 Å². The SMILES string of the molecule is CC(C)C1CCCCC1NCC(=O)Nc1ccccc1Cl. The molecule has 1 amide bonds. The Balaban J connectivity index is 1.84. The first-order chi connectivity index (χ1) is 10.1. The molecule has 2 unspecified atom stereocenters. The summed E-state index contributed by atoms with van der Waals surface area (Å²) in [5.74, 6) is 1.30. The van der Waals surface area contributed by atoms with Gasteiger partial charge in [-0.2, -0.15) is 0 Å². The topological polar surface area (TPSA) is 41.1 Å². The van der Waals surface area contributed by atoms with E-state index in [1.54, 1.807) is 6.07 Å². The number of carbonyl (C=O) groups is 1. The summed E-state index contributed by atoms with van der Waals surface area (Å²) in [5.41, 5.74) is 0.676. The molecule has 2 N–H and O–H groups in total. The van der Waals surface area contributed by atoms with Gasteiger partial charge in [0.15, 0.2) is 0 Å². The Morgan fingerprint density at radius 1 is 1.29 bits per heavy atom. The van der Waals surface area contributed by atoms with Gasteiger partial charge >= 0.3 is 0 Å². The molecule has 0 heterocycles. The summed E-state index contributed by atoms with van der Waals surface area (Å²) in [7, 11) is 0. The zero-order valence-electron chi connectivity index (χ0n) is 12.9. The molecule has 2 atom stereocenters. The molecule has 1 saturated carbocycles. The number of benzene rings is 1. The number of rotatable bonds is 5. The number of para-hydroxylation sites is 1. The summed E-state index contributed by atoms with van der Waals surface area (Å²) in [6.45, 7) is 4.89. The van der Waals surface area contributed by atoms with Crippen LogP contribution < -0.4 is 10.6 Å². The average molecular weight is 309 g/mol. The zero-order chi connectivity index (χ0) is 15.2. The van der Waals surface area contributed by atoms with E-state index in [0.29, 0.717) is 35.1 Å². The minimum absolute atomic E-state index is 0.0313. The van der Waals surface area contributed by atoms with E-state index in [9.17, 15) is 4.79 Å². The van der Waals surface area contributed by atoms with Crippen molar-refractivity contribution in [2.24, 2.45) is 11.8 Å². The lowest BCUT2D eigenvalue weighted by molar-refractivity contribution is -0.115. The van der Waals surface area contributed by atoms with E-state index in [0.717, 1.165) is 0 Å². The molecule has 3 nitrogen and oxygen atoms in total. The van der Waals surface area contributed by atoms with Crippen molar-refractivity contribution in [3.05, 3.63) is 29.3 Å². The summed E-state index contributed by atoms with van der Waals surface area (Å²) in [6.07, 6.45) is 5.00. The van der Waals surface area contributed by atoms with Gasteiger partial charge in [0.25, 0.3) is 0 Å². The Kier molecular flexibility index (Phi) is 6.07. The summed E-state index contributed by atoms with van der Waals surface area (Å²) >= 11 is 6.05. The Morgan fingerprint density at radius 2 is 2.00 bits per heavy atom. The lowest BCUT2D eigenvalue weighted by atomic mass is 9.78. The number of halogens is 1. The summed E-state index contributed by atoms with van der Waals surface area (Å²) < 4.78 is 0. The first kappa shape index (κ1) is 16.3. The maximum absolute atomic E-state index is 12.1. The minimum atomic E-state index is -0.0313. The monoisotopic (exact) mass is 308 g/mol. The van der Waals surface area contributed by atoms with Gasteiger partial charge in [-0.25, -0.2) is 0 Å². The highest BCUT2D eigenvalue weighted by Crippen LogP contribution is 2.30. The van der Waals surface area contributed by atoms with Crippen molar-refractivity contribution in [3.63, 3.8) is 0 Å². The van der Waals surface area contributed by atoms with Crippen LogP contribution in [-0.2, 0) is 4.79 Å². The molecule has 1 aromatic carbocycles. The average Bonchev–Trinajstić information content (AvgIpc) is 2.48. The van der Waals surface area contributed by atoms with Crippen molar-refractivity contribution in [2.75, 3.05) is 11.9 Å². The van der Waals surface area contributed by atoms with Crippen molar-refractivity contribution in [3.8, 4) is 0 Å². The highest BCUT2D eigenvalue weighted by Gasteiger charge is 2.27. The highest BCUT2D eigenvalue weighted by molar-refractivity contribution is 6.33. The van der Waals surface area contributed by atoms with Crippen LogP contribution in [0.2, 0.25) is 5.02 Å². The number of anilines is 1. The highest BCUT2D eigenvalue weighted by atomic mass is 35.5. The fourth-order valence-corrected chi connectivity index (χ4v) is 3.37. The third-order valence-electron chi connectivity index (χ3n) is 4.35. The van der Waals surface area contributed by atoms with E-state index in [4.69, 9.17) is 11.6 Å². The van der Waals surface area contributed by atoms with Crippen LogP contribution in [0.4, 0.5) is 5.69 Å². The van der Waals surface area contributed by atoms with Crippen LogP contribution in [0.3, 0.4) is 0 Å². The molecule has 4 heteroatoms. The number of hydrogen-bond acceptors (Lipinski definition) is 2. The Morgan fingerprint density at radius 3 is 2.71 bits per heavy atom. The maximum Gasteiger partial charge on any atom is 0.238 e. The van der Waals surface area contributed by atoms with Gasteiger partial charge in [0.2, 0.25) is 5.91 Å². The van der Waals surface area contributed by atoms with E-state index in [2.05, 4.69) is 24.5 Å². The molecular formula is C17H25ClN2O.